The molecule has 1 aromatic carbocycles. The van der Waals surface area contributed by atoms with E-state index in [2.05, 4.69) is 42.1 Å². The van der Waals surface area contributed by atoms with Crippen molar-refractivity contribution >= 4 is 5.97 Å². The number of aliphatic hydroxyl groups is 1. The van der Waals surface area contributed by atoms with Crippen LogP contribution in [-0.4, -0.2) is 37.4 Å². The van der Waals surface area contributed by atoms with Crippen molar-refractivity contribution in [3.63, 3.8) is 0 Å². The van der Waals surface area contributed by atoms with Crippen LogP contribution in [0.15, 0.2) is 18.2 Å². The van der Waals surface area contributed by atoms with Gasteiger partial charge < -0.3 is 15.2 Å². The van der Waals surface area contributed by atoms with Gasteiger partial charge in [-0.2, -0.15) is 0 Å². The van der Waals surface area contributed by atoms with Crippen LogP contribution in [-0.2, 0) is 16.0 Å². The molecule has 4 nitrogen and oxygen atoms in total. The molecule has 0 aliphatic rings. The molecule has 0 fully saturated rings. The molecule has 0 radical (unpaired) electrons. The molecule has 1 unspecified atom stereocenters. The van der Waals surface area contributed by atoms with E-state index < -0.39 is 6.10 Å². The highest BCUT2D eigenvalue weighted by Gasteiger charge is 2.09. The van der Waals surface area contributed by atoms with Crippen molar-refractivity contribution in [3.05, 3.63) is 34.9 Å². The van der Waals surface area contributed by atoms with E-state index in [4.69, 9.17) is 0 Å². The number of nitrogens with one attached hydrogen (secondary N) is 1. The summed E-state index contributed by atoms with van der Waals surface area (Å²) in [7, 11) is 1.32. The fourth-order valence-electron chi connectivity index (χ4n) is 1.81. The van der Waals surface area contributed by atoms with E-state index in [1.165, 1.54) is 23.8 Å². The van der Waals surface area contributed by atoms with Gasteiger partial charge in [-0.25, -0.2) is 0 Å². The van der Waals surface area contributed by atoms with E-state index in [9.17, 15) is 9.90 Å². The Bertz CT molecular complexity index is 418. The predicted molar refractivity (Wildman–Crippen MR) is 75.1 cm³/mol. The van der Waals surface area contributed by atoms with Gasteiger partial charge in [-0.05, 0) is 43.5 Å². The summed E-state index contributed by atoms with van der Waals surface area (Å²) in [5.41, 5.74) is 3.87. The number of rotatable bonds is 7. The number of carbonyl (C=O) groups excluding carboxylic acids is 1. The molecule has 0 aromatic heterocycles. The Morgan fingerprint density at radius 3 is 2.74 bits per heavy atom. The second kappa shape index (κ2) is 7.92. The van der Waals surface area contributed by atoms with E-state index in [0.29, 0.717) is 6.54 Å². The van der Waals surface area contributed by atoms with Crippen LogP contribution in [0.3, 0.4) is 0 Å². The summed E-state index contributed by atoms with van der Waals surface area (Å²) in [5, 5.41) is 12.7. The fourth-order valence-corrected chi connectivity index (χ4v) is 1.81. The van der Waals surface area contributed by atoms with E-state index >= 15 is 0 Å². The minimum Gasteiger partial charge on any atom is -0.469 e. The number of carbonyl (C=O) groups is 1. The third kappa shape index (κ3) is 5.85. The van der Waals surface area contributed by atoms with Gasteiger partial charge in [0.2, 0.25) is 0 Å². The second-order valence-corrected chi connectivity index (χ2v) is 4.81. The molecule has 0 spiro atoms. The van der Waals surface area contributed by atoms with Gasteiger partial charge in [-0.1, -0.05) is 18.2 Å². The van der Waals surface area contributed by atoms with E-state index in [0.717, 1.165) is 13.0 Å². The van der Waals surface area contributed by atoms with Gasteiger partial charge in [-0.15, -0.1) is 0 Å². The number of hydrogen-bond acceptors (Lipinski definition) is 4. The van der Waals surface area contributed by atoms with Crippen molar-refractivity contribution in [1.29, 1.82) is 0 Å². The first-order chi connectivity index (χ1) is 9.02. The molecule has 1 aromatic rings. The Morgan fingerprint density at radius 1 is 1.37 bits per heavy atom. The molecular formula is C15H23NO3. The smallest absolute Gasteiger partial charge is 0.308 e. The molecule has 1 atom stereocenters. The second-order valence-electron chi connectivity index (χ2n) is 4.81. The molecule has 0 aliphatic carbocycles. The molecule has 4 heteroatoms. The zero-order valence-electron chi connectivity index (χ0n) is 11.9. The fraction of sp³-hybridized carbons (Fsp3) is 0.533. The zero-order chi connectivity index (χ0) is 14.3. The molecule has 0 saturated carbocycles. The Labute approximate surface area is 114 Å². The van der Waals surface area contributed by atoms with E-state index in [-0.39, 0.29) is 12.4 Å². The SMILES string of the molecule is COC(=O)CC(O)CNCCc1ccc(C)c(C)c1. The van der Waals surface area contributed by atoms with Gasteiger partial charge in [0, 0.05) is 6.54 Å². The third-order valence-electron chi connectivity index (χ3n) is 3.17. The summed E-state index contributed by atoms with van der Waals surface area (Å²) in [5.74, 6) is -0.386. The largest absolute Gasteiger partial charge is 0.469 e. The van der Waals surface area contributed by atoms with Gasteiger partial charge in [-0.3, -0.25) is 4.79 Å². The van der Waals surface area contributed by atoms with Crippen molar-refractivity contribution in [2.45, 2.75) is 32.8 Å². The van der Waals surface area contributed by atoms with Crippen molar-refractivity contribution in [1.82, 2.24) is 5.32 Å². The first kappa shape index (κ1) is 15.7. The highest BCUT2D eigenvalue weighted by atomic mass is 16.5. The maximum atomic E-state index is 10.9. The molecule has 2 N–H and O–H groups in total. The number of aliphatic hydroxyl groups excluding tert-OH is 1. The highest BCUT2D eigenvalue weighted by molar-refractivity contribution is 5.69. The highest BCUT2D eigenvalue weighted by Crippen LogP contribution is 2.09. The lowest BCUT2D eigenvalue weighted by Crippen LogP contribution is -2.30. The number of benzene rings is 1. The first-order valence-electron chi connectivity index (χ1n) is 6.54. The maximum absolute atomic E-state index is 10.9. The average Bonchev–Trinajstić information content (AvgIpc) is 2.38. The minimum absolute atomic E-state index is 0.0349. The molecule has 0 heterocycles. The Morgan fingerprint density at radius 2 is 2.11 bits per heavy atom. The van der Waals surface area contributed by atoms with E-state index in [1.807, 2.05) is 0 Å². The lowest BCUT2D eigenvalue weighted by Gasteiger charge is -2.11. The molecule has 106 valence electrons. The number of aryl methyl sites for hydroxylation is 2. The molecule has 19 heavy (non-hydrogen) atoms. The van der Waals surface area contributed by atoms with Crippen molar-refractivity contribution in [2.24, 2.45) is 0 Å². The van der Waals surface area contributed by atoms with Gasteiger partial charge in [0.25, 0.3) is 0 Å². The quantitative estimate of drug-likeness (QED) is 0.577. The summed E-state index contributed by atoms with van der Waals surface area (Å²) in [4.78, 5) is 10.9. The summed E-state index contributed by atoms with van der Waals surface area (Å²) in [6.07, 6.45) is 0.256. The molecule has 0 amide bonds. The van der Waals surface area contributed by atoms with Crippen molar-refractivity contribution in [2.75, 3.05) is 20.2 Å². The molecule has 0 saturated heterocycles. The van der Waals surface area contributed by atoms with Crippen LogP contribution in [0.1, 0.15) is 23.1 Å². The van der Waals surface area contributed by atoms with Crippen LogP contribution in [0.2, 0.25) is 0 Å². The molecule has 1 rings (SSSR count). The normalized spacial score (nSPS) is 12.2. The van der Waals surface area contributed by atoms with Gasteiger partial charge in [0.05, 0.1) is 19.6 Å². The van der Waals surface area contributed by atoms with Crippen LogP contribution in [0.4, 0.5) is 0 Å². The van der Waals surface area contributed by atoms with Crippen LogP contribution in [0.25, 0.3) is 0 Å². The molecule has 0 bridgehead atoms. The Kier molecular flexibility index (Phi) is 6.53. The zero-order valence-corrected chi connectivity index (χ0v) is 11.9. The molecule has 0 aliphatic heterocycles. The van der Waals surface area contributed by atoms with Crippen LogP contribution < -0.4 is 5.32 Å². The van der Waals surface area contributed by atoms with Crippen molar-refractivity contribution in [3.8, 4) is 0 Å². The number of methoxy groups -OCH3 is 1. The Balaban J connectivity index is 2.23. The minimum atomic E-state index is -0.688. The number of esters is 1. The topological polar surface area (TPSA) is 58.6 Å². The standard InChI is InChI=1S/C15H23NO3/c1-11-4-5-13(8-12(11)2)6-7-16-10-14(17)9-15(18)19-3/h4-5,8,14,16-17H,6-7,9-10H2,1-3H3. The summed E-state index contributed by atoms with van der Waals surface area (Å²) >= 11 is 0. The maximum Gasteiger partial charge on any atom is 0.308 e. The van der Waals surface area contributed by atoms with Crippen LogP contribution in [0.5, 0.6) is 0 Å². The van der Waals surface area contributed by atoms with Gasteiger partial charge >= 0.3 is 5.97 Å². The summed E-state index contributed by atoms with van der Waals surface area (Å²) in [6, 6.07) is 6.42. The van der Waals surface area contributed by atoms with Crippen LogP contribution >= 0.6 is 0 Å². The first-order valence-corrected chi connectivity index (χ1v) is 6.54. The summed E-state index contributed by atoms with van der Waals surface area (Å²) < 4.78 is 4.49. The predicted octanol–water partition coefficient (Wildman–Crippen LogP) is 1.36. The Hall–Kier alpha value is -1.39. The van der Waals surface area contributed by atoms with Gasteiger partial charge in [0.1, 0.15) is 0 Å². The van der Waals surface area contributed by atoms with Crippen molar-refractivity contribution < 1.29 is 14.6 Å². The third-order valence-corrected chi connectivity index (χ3v) is 3.17. The van der Waals surface area contributed by atoms with Gasteiger partial charge in [0.15, 0.2) is 0 Å². The lowest BCUT2D eigenvalue weighted by molar-refractivity contribution is -0.142. The average molecular weight is 265 g/mol. The lowest BCUT2D eigenvalue weighted by atomic mass is 10.0. The van der Waals surface area contributed by atoms with E-state index in [1.54, 1.807) is 0 Å². The number of hydrogen-bond donors (Lipinski definition) is 2. The van der Waals surface area contributed by atoms with Crippen LogP contribution in [0, 0.1) is 13.8 Å². The number of ether oxygens (including phenoxy) is 1. The monoisotopic (exact) mass is 265 g/mol. The summed E-state index contributed by atoms with van der Waals surface area (Å²) in [6.45, 7) is 5.38. The molecular weight excluding hydrogens is 242 g/mol.